The molecule has 0 heteroatoms. The molecule has 0 amide bonds. The van der Waals surface area contributed by atoms with E-state index >= 15 is 0 Å². The van der Waals surface area contributed by atoms with E-state index in [1.165, 1.54) is 89.9 Å². The molecule has 0 unspecified atom stereocenters. The van der Waals surface area contributed by atoms with E-state index in [0.29, 0.717) is 0 Å². The molecule has 20 heavy (non-hydrogen) atoms. The van der Waals surface area contributed by atoms with E-state index in [1.807, 2.05) is 0 Å². The Hall–Kier alpha value is -0.260. The molecule has 0 saturated heterocycles. The zero-order valence-corrected chi connectivity index (χ0v) is 14.6. The number of allylic oxidation sites excluding steroid dienone is 2. The third-order valence-corrected chi connectivity index (χ3v) is 4.00. The molecule has 0 aromatic rings. The smallest absolute Gasteiger partial charge is 0.0290 e. The van der Waals surface area contributed by atoms with Crippen molar-refractivity contribution in [2.75, 3.05) is 0 Å². The first-order chi connectivity index (χ1) is 9.77. The minimum absolute atomic E-state index is 0.719. The highest BCUT2D eigenvalue weighted by Gasteiger charge is 1.93. The van der Waals surface area contributed by atoms with Crippen molar-refractivity contribution in [3.63, 3.8) is 0 Å². The van der Waals surface area contributed by atoms with Crippen molar-refractivity contribution >= 4 is 0 Å². The number of hydrogen-bond donors (Lipinski definition) is 0. The average molecular weight is 281 g/mol. The van der Waals surface area contributed by atoms with Crippen LogP contribution in [0.3, 0.4) is 0 Å². The molecule has 0 rings (SSSR count). The van der Waals surface area contributed by atoms with E-state index in [1.54, 1.807) is 0 Å². The maximum atomic E-state index is 2.36. The van der Waals surface area contributed by atoms with Crippen molar-refractivity contribution in [1.29, 1.82) is 0 Å². The van der Waals surface area contributed by atoms with Gasteiger partial charge in [0, 0.05) is 0 Å². The first kappa shape index (κ1) is 19.7. The molecule has 0 N–H and O–H groups in total. The van der Waals surface area contributed by atoms with Crippen LogP contribution in [-0.2, 0) is 0 Å². The van der Waals surface area contributed by atoms with E-state index in [4.69, 9.17) is 0 Å². The van der Waals surface area contributed by atoms with Crippen molar-refractivity contribution < 1.29 is 0 Å². The second kappa shape index (κ2) is 16.8. The van der Waals surface area contributed by atoms with Gasteiger partial charge in [-0.25, -0.2) is 0 Å². The average Bonchev–Trinajstić information content (AvgIpc) is 2.43. The fourth-order valence-electron chi connectivity index (χ4n) is 2.65. The Labute approximate surface area is 129 Å². The van der Waals surface area contributed by atoms with Crippen LogP contribution < -0.4 is 0 Å². The Kier molecular flexibility index (Phi) is 16.6. The number of rotatable bonds is 15. The lowest BCUT2D eigenvalue weighted by molar-refractivity contribution is 0.540. The molecule has 120 valence electrons. The van der Waals surface area contributed by atoms with Crippen molar-refractivity contribution in [3.05, 3.63) is 12.2 Å². The summed E-state index contributed by atoms with van der Waals surface area (Å²) < 4.78 is 0. The molecule has 0 aliphatic carbocycles. The fraction of sp³-hybridized carbons (Fsp3) is 0.900. The molecule has 0 aromatic heterocycles. The monoisotopic (exact) mass is 280 g/mol. The molecular weight excluding hydrogens is 240 g/mol. The quantitative estimate of drug-likeness (QED) is 0.213. The summed E-state index contributed by atoms with van der Waals surface area (Å²) in [6, 6.07) is 0. The summed E-state index contributed by atoms with van der Waals surface area (Å²) >= 11 is 0. The summed E-state index contributed by atoms with van der Waals surface area (Å²) in [4.78, 5) is 0. The zero-order chi connectivity index (χ0) is 14.9. The van der Waals surface area contributed by atoms with Gasteiger partial charge >= 0.3 is 0 Å². The van der Waals surface area contributed by atoms with Gasteiger partial charge in [0.1, 0.15) is 0 Å². The van der Waals surface area contributed by atoms with Crippen LogP contribution in [0.5, 0.6) is 0 Å². The molecule has 0 radical (unpaired) electrons. The van der Waals surface area contributed by atoms with Gasteiger partial charge in [0.2, 0.25) is 0 Å². The maximum Gasteiger partial charge on any atom is -0.0290 e. The van der Waals surface area contributed by atoms with Gasteiger partial charge in [0.05, 0.1) is 0 Å². The highest BCUT2D eigenvalue weighted by Crippen LogP contribution is 2.13. The van der Waals surface area contributed by atoms with Crippen LogP contribution in [0.25, 0.3) is 0 Å². The molecular formula is C20H40. The SMILES string of the molecule is CCCCCCCCCCCCCCCC=CC(C)C. The lowest BCUT2D eigenvalue weighted by atomic mass is 10.0. The molecule has 0 aliphatic heterocycles. The second-order valence-electron chi connectivity index (χ2n) is 6.70. The summed E-state index contributed by atoms with van der Waals surface area (Å²) in [5.41, 5.74) is 0. The standard InChI is InChI=1S/C20H40/c1-4-5-6-7-8-9-10-11-12-13-14-15-16-17-18-19-20(2)3/h18-20H,4-17H2,1-3H3. The Morgan fingerprint density at radius 1 is 0.600 bits per heavy atom. The predicted molar refractivity (Wildman–Crippen MR) is 94.3 cm³/mol. The minimum atomic E-state index is 0.719. The predicted octanol–water partition coefficient (Wildman–Crippen LogP) is 7.68. The van der Waals surface area contributed by atoms with E-state index < -0.39 is 0 Å². The van der Waals surface area contributed by atoms with E-state index in [0.717, 1.165) is 5.92 Å². The lowest BCUT2D eigenvalue weighted by Gasteiger charge is -2.02. The summed E-state index contributed by atoms with van der Waals surface area (Å²) in [6.07, 6.45) is 24.8. The molecule has 0 atom stereocenters. The highest BCUT2D eigenvalue weighted by atomic mass is 14.0. The Morgan fingerprint density at radius 2 is 1.00 bits per heavy atom. The van der Waals surface area contributed by atoms with Gasteiger partial charge in [-0.15, -0.1) is 0 Å². The van der Waals surface area contributed by atoms with Crippen molar-refractivity contribution in [2.24, 2.45) is 5.92 Å². The van der Waals surface area contributed by atoms with Gasteiger partial charge in [-0.1, -0.05) is 110 Å². The van der Waals surface area contributed by atoms with Gasteiger partial charge in [0.25, 0.3) is 0 Å². The highest BCUT2D eigenvalue weighted by molar-refractivity contribution is 4.83. The summed E-state index contributed by atoms with van der Waals surface area (Å²) in [5, 5.41) is 0. The Morgan fingerprint density at radius 3 is 1.40 bits per heavy atom. The van der Waals surface area contributed by atoms with Crippen molar-refractivity contribution in [1.82, 2.24) is 0 Å². The molecule has 0 aliphatic rings. The van der Waals surface area contributed by atoms with E-state index in [9.17, 15) is 0 Å². The molecule has 0 fully saturated rings. The maximum absolute atomic E-state index is 2.36. The Bertz CT molecular complexity index is 190. The first-order valence-electron chi connectivity index (χ1n) is 9.44. The van der Waals surface area contributed by atoms with Crippen LogP contribution in [0, 0.1) is 5.92 Å². The second-order valence-corrected chi connectivity index (χ2v) is 6.70. The molecule has 0 heterocycles. The first-order valence-corrected chi connectivity index (χ1v) is 9.44. The van der Waals surface area contributed by atoms with Gasteiger partial charge in [-0.2, -0.15) is 0 Å². The molecule has 0 nitrogen and oxygen atoms in total. The summed E-state index contributed by atoms with van der Waals surface area (Å²) in [6.45, 7) is 6.79. The molecule has 0 saturated carbocycles. The summed E-state index contributed by atoms with van der Waals surface area (Å²) in [7, 11) is 0. The van der Waals surface area contributed by atoms with Gasteiger partial charge in [0.15, 0.2) is 0 Å². The minimum Gasteiger partial charge on any atom is -0.0883 e. The normalized spacial score (nSPS) is 11.8. The van der Waals surface area contributed by atoms with Gasteiger partial charge < -0.3 is 0 Å². The van der Waals surface area contributed by atoms with E-state index in [2.05, 4.69) is 32.9 Å². The van der Waals surface area contributed by atoms with Crippen LogP contribution in [0.15, 0.2) is 12.2 Å². The zero-order valence-electron chi connectivity index (χ0n) is 14.6. The number of hydrogen-bond acceptors (Lipinski definition) is 0. The van der Waals surface area contributed by atoms with Crippen LogP contribution in [0.1, 0.15) is 111 Å². The van der Waals surface area contributed by atoms with Crippen molar-refractivity contribution in [3.8, 4) is 0 Å². The van der Waals surface area contributed by atoms with Crippen LogP contribution in [-0.4, -0.2) is 0 Å². The lowest BCUT2D eigenvalue weighted by Crippen LogP contribution is -1.83. The molecule has 0 bridgehead atoms. The molecule has 0 aromatic carbocycles. The van der Waals surface area contributed by atoms with Crippen molar-refractivity contribution in [2.45, 2.75) is 111 Å². The van der Waals surface area contributed by atoms with Crippen LogP contribution in [0.4, 0.5) is 0 Å². The van der Waals surface area contributed by atoms with Gasteiger partial charge in [-0.3, -0.25) is 0 Å². The van der Waals surface area contributed by atoms with E-state index in [-0.39, 0.29) is 0 Å². The van der Waals surface area contributed by atoms with Crippen LogP contribution in [0.2, 0.25) is 0 Å². The fourth-order valence-corrected chi connectivity index (χ4v) is 2.65. The van der Waals surface area contributed by atoms with Crippen LogP contribution >= 0.6 is 0 Å². The third-order valence-electron chi connectivity index (χ3n) is 4.00. The summed E-state index contributed by atoms with van der Waals surface area (Å²) in [5.74, 6) is 0.719. The third kappa shape index (κ3) is 17.7. The Balaban J connectivity index is 2.99. The van der Waals surface area contributed by atoms with Gasteiger partial charge in [-0.05, 0) is 18.8 Å². The topological polar surface area (TPSA) is 0 Å². The number of unbranched alkanes of at least 4 members (excludes halogenated alkanes) is 13. The molecule has 0 spiro atoms. The largest absolute Gasteiger partial charge is 0.0883 e.